The summed E-state index contributed by atoms with van der Waals surface area (Å²) in [6.45, 7) is 1.85. The van der Waals surface area contributed by atoms with Crippen LogP contribution in [0.5, 0.6) is 5.75 Å². The third-order valence-corrected chi connectivity index (χ3v) is 4.47. The first-order valence-corrected chi connectivity index (χ1v) is 8.34. The Morgan fingerprint density at radius 2 is 1.65 bits per heavy atom. The standard InChI is InChI=1S/C17H17NO4S/c1-13-3-10-16(11-4-13)23(20,21)18-17(19)12-7-14-5-8-15(22-2)9-6-14/h3-12H,1-2H3,(H,18,19)/b12-7+. The van der Waals surface area contributed by atoms with E-state index in [2.05, 4.69) is 0 Å². The van der Waals surface area contributed by atoms with Gasteiger partial charge in [-0.1, -0.05) is 29.8 Å². The van der Waals surface area contributed by atoms with E-state index >= 15 is 0 Å². The molecule has 6 heteroatoms. The zero-order valence-corrected chi connectivity index (χ0v) is 13.6. The van der Waals surface area contributed by atoms with E-state index in [-0.39, 0.29) is 4.90 Å². The molecule has 0 unspecified atom stereocenters. The van der Waals surface area contributed by atoms with Crippen LogP contribution in [0, 0.1) is 6.92 Å². The molecule has 0 spiro atoms. The molecular weight excluding hydrogens is 314 g/mol. The Kier molecular flexibility index (Phi) is 5.18. The van der Waals surface area contributed by atoms with Crippen molar-refractivity contribution in [2.75, 3.05) is 7.11 Å². The van der Waals surface area contributed by atoms with Crippen LogP contribution in [-0.4, -0.2) is 21.4 Å². The number of rotatable bonds is 5. The molecule has 0 heterocycles. The van der Waals surface area contributed by atoms with E-state index in [1.54, 1.807) is 43.5 Å². The number of hydrogen-bond acceptors (Lipinski definition) is 4. The number of nitrogens with one attached hydrogen (secondary N) is 1. The quantitative estimate of drug-likeness (QED) is 0.855. The van der Waals surface area contributed by atoms with Gasteiger partial charge in [0.2, 0.25) is 0 Å². The smallest absolute Gasteiger partial charge is 0.264 e. The number of aryl methyl sites for hydroxylation is 1. The summed E-state index contributed by atoms with van der Waals surface area (Å²) in [5.41, 5.74) is 1.70. The van der Waals surface area contributed by atoms with Crippen LogP contribution in [0.4, 0.5) is 0 Å². The molecule has 0 radical (unpaired) electrons. The molecule has 0 bridgehead atoms. The van der Waals surface area contributed by atoms with Crippen molar-refractivity contribution in [1.82, 2.24) is 4.72 Å². The van der Waals surface area contributed by atoms with Gasteiger partial charge in [-0.25, -0.2) is 13.1 Å². The second kappa shape index (κ2) is 7.11. The number of sulfonamides is 1. The number of ether oxygens (including phenoxy) is 1. The van der Waals surface area contributed by atoms with Gasteiger partial charge in [-0.2, -0.15) is 0 Å². The van der Waals surface area contributed by atoms with Crippen LogP contribution in [-0.2, 0) is 14.8 Å². The van der Waals surface area contributed by atoms with Gasteiger partial charge in [-0.05, 0) is 42.8 Å². The Morgan fingerprint density at radius 1 is 1.04 bits per heavy atom. The molecule has 0 aliphatic heterocycles. The van der Waals surface area contributed by atoms with Crippen LogP contribution in [0.1, 0.15) is 11.1 Å². The summed E-state index contributed by atoms with van der Waals surface area (Å²) in [6.07, 6.45) is 2.70. The summed E-state index contributed by atoms with van der Waals surface area (Å²) in [5, 5.41) is 0. The molecule has 0 fully saturated rings. The average Bonchev–Trinajstić information content (AvgIpc) is 2.53. The van der Waals surface area contributed by atoms with Gasteiger partial charge in [0, 0.05) is 6.08 Å². The number of methoxy groups -OCH3 is 1. The fourth-order valence-corrected chi connectivity index (χ4v) is 2.77. The van der Waals surface area contributed by atoms with E-state index in [0.717, 1.165) is 11.1 Å². The van der Waals surface area contributed by atoms with E-state index < -0.39 is 15.9 Å². The van der Waals surface area contributed by atoms with Crippen molar-refractivity contribution in [2.24, 2.45) is 0 Å². The maximum absolute atomic E-state index is 12.1. The molecule has 2 aromatic carbocycles. The van der Waals surface area contributed by atoms with Crippen LogP contribution in [0.3, 0.4) is 0 Å². The molecule has 5 nitrogen and oxygen atoms in total. The predicted octanol–water partition coefficient (Wildman–Crippen LogP) is 2.52. The van der Waals surface area contributed by atoms with Crippen LogP contribution in [0.15, 0.2) is 59.5 Å². The minimum Gasteiger partial charge on any atom is -0.497 e. The summed E-state index contributed by atoms with van der Waals surface area (Å²) in [5.74, 6) is -0.00468. The van der Waals surface area contributed by atoms with E-state index in [1.165, 1.54) is 24.3 Å². The van der Waals surface area contributed by atoms with Crippen molar-refractivity contribution in [2.45, 2.75) is 11.8 Å². The third kappa shape index (κ3) is 4.69. The highest BCUT2D eigenvalue weighted by Gasteiger charge is 2.15. The molecule has 0 aliphatic carbocycles. The first-order valence-electron chi connectivity index (χ1n) is 6.86. The molecule has 0 aromatic heterocycles. The van der Waals surface area contributed by atoms with Crippen LogP contribution >= 0.6 is 0 Å². The highest BCUT2D eigenvalue weighted by Crippen LogP contribution is 2.13. The molecular formula is C17H17NO4S. The molecule has 1 amide bonds. The van der Waals surface area contributed by atoms with Crippen molar-refractivity contribution in [3.8, 4) is 5.75 Å². The minimum atomic E-state index is -3.86. The monoisotopic (exact) mass is 331 g/mol. The van der Waals surface area contributed by atoms with Crippen molar-refractivity contribution >= 4 is 22.0 Å². The SMILES string of the molecule is COc1ccc(/C=C/C(=O)NS(=O)(=O)c2ccc(C)cc2)cc1. The maximum atomic E-state index is 12.1. The number of amides is 1. The highest BCUT2D eigenvalue weighted by atomic mass is 32.2. The summed E-state index contributed by atoms with van der Waals surface area (Å²) < 4.78 is 31.2. The summed E-state index contributed by atoms with van der Waals surface area (Å²) in [7, 11) is -2.30. The normalized spacial score (nSPS) is 11.4. The lowest BCUT2D eigenvalue weighted by molar-refractivity contribution is -0.114. The molecule has 2 aromatic rings. The van der Waals surface area contributed by atoms with Crippen LogP contribution in [0.25, 0.3) is 6.08 Å². The highest BCUT2D eigenvalue weighted by molar-refractivity contribution is 7.90. The molecule has 23 heavy (non-hydrogen) atoms. The maximum Gasteiger partial charge on any atom is 0.264 e. The number of benzene rings is 2. The van der Waals surface area contributed by atoms with E-state index in [4.69, 9.17) is 4.74 Å². The number of carbonyl (C=O) groups is 1. The van der Waals surface area contributed by atoms with Crippen LogP contribution < -0.4 is 9.46 Å². The molecule has 0 saturated carbocycles. The molecule has 0 aliphatic rings. The second-order valence-electron chi connectivity index (χ2n) is 4.89. The van der Waals surface area contributed by atoms with E-state index in [9.17, 15) is 13.2 Å². The fourth-order valence-electron chi connectivity index (χ4n) is 1.83. The van der Waals surface area contributed by atoms with Gasteiger partial charge in [0.05, 0.1) is 12.0 Å². The molecule has 0 saturated heterocycles. The van der Waals surface area contributed by atoms with Gasteiger partial charge in [0.25, 0.3) is 15.9 Å². The van der Waals surface area contributed by atoms with Crippen molar-refractivity contribution in [1.29, 1.82) is 0 Å². The lowest BCUT2D eigenvalue weighted by Crippen LogP contribution is -2.28. The first kappa shape index (κ1) is 16.8. The average molecular weight is 331 g/mol. The summed E-state index contributed by atoms with van der Waals surface area (Å²) in [6, 6.07) is 13.3. The lowest BCUT2D eigenvalue weighted by atomic mass is 10.2. The van der Waals surface area contributed by atoms with E-state index in [0.29, 0.717) is 5.75 Å². The molecule has 120 valence electrons. The third-order valence-electron chi connectivity index (χ3n) is 3.11. The Hall–Kier alpha value is -2.60. The van der Waals surface area contributed by atoms with Crippen molar-refractivity contribution in [3.63, 3.8) is 0 Å². The minimum absolute atomic E-state index is 0.0503. The van der Waals surface area contributed by atoms with Crippen molar-refractivity contribution in [3.05, 3.63) is 65.7 Å². The van der Waals surface area contributed by atoms with Gasteiger partial charge < -0.3 is 4.74 Å². The van der Waals surface area contributed by atoms with Gasteiger partial charge in [0.15, 0.2) is 0 Å². The Labute approximate surface area is 135 Å². The summed E-state index contributed by atoms with van der Waals surface area (Å²) in [4.78, 5) is 11.8. The molecule has 0 atom stereocenters. The topological polar surface area (TPSA) is 72.5 Å². The second-order valence-corrected chi connectivity index (χ2v) is 6.57. The van der Waals surface area contributed by atoms with Crippen LogP contribution in [0.2, 0.25) is 0 Å². The predicted molar refractivity (Wildman–Crippen MR) is 88.5 cm³/mol. The largest absolute Gasteiger partial charge is 0.497 e. The Balaban J connectivity index is 2.05. The van der Waals surface area contributed by atoms with Gasteiger partial charge in [-0.15, -0.1) is 0 Å². The summed E-state index contributed by atoms with van der Waals surface area (Å²) >= 11 is 0. The molecule has 2 rings (SSSR count). The van der Waals surface area contributed by atoms with Gasteiger partial charge >= 0.3 is 0 Å². The zero-order chi connectivity index (χ0) is 16.9. The number of hydrogen-bond donors (Lipinski definition) is 1. The lowest BCUT2D eigenvalue weighted by Gasteiger charge is -2.05. The van der Waals surface area contributed by atoms with E-state index in [1.807, 2.05) is 11.6 Å². The van der Waals surface area contributed by atoms with Gasteiger partial charge in [-0.3, -0.25) is 4.79 Å². The molecule has 1 N–H and O–H groups in total. The van der Waals surface area contributed by atoms with Gasteiger partial charge in [0.1, 0.15) is 5.75 Å². The Bertz CT molecular complexity index is 807. The fraction of sp³-hybridized carbons (Fsp3) is 0.118. The number of carbonyl (C=O) groups excluding carboxylic acids is 1. The van der Waals surface area contributed by atoms with Crippen molar-refractivity contribution < 1.29 is 17.9 Å². The Morgan fingerprint density at radius 3 is 2.22 bits per heavy atom. The zero-order valence-electron chi connectivity index (χ0n) is 12.8. The first-order chi connectivity index (χ1) is 10.9.